The van der Waals surface area contributed by atoms with E-state index < -0.39 is 0 Å². The first kappa shape index (κ1) is 19.5. The van der Waals surface area contributed by atoms with Gasteiger partial charge in [-0.15, -0.1) is 0 Å². The Kier molecular flexibility index (Phi) is 5.22. The zero-order chi connectivity index (χ0) is 21.2. The van der Waals surface area contributed by atoms with Crippen molar-refractivity contribution in [3.05, 3.63) is 114 Å². The first-order valence-corrected chi connectivity index (χ1v) is 10.7. The molecule has 1 N–H and O–H groups in total. The highest BCUT2D eigenvalue weighted by Crippen LogP contribution is 2.41. The van der Waals surface area contributed by atoms with Crippen molar-refractivity contribution in [2.24, 2.45) is 0 Å². The maximum Gasteiger partial charge on any atom is 0.174 e. The molecule has 1 aliphatic heterocycles. The van der Waals surface area contributed by atoms with E-state index in [2.05, 4.69) is 86.4 Å². The van der Waals surface area contributed by atoms with Gasteiger partial charge in [-0.1, -0.05) is 24.3 Å². The summed E-state index contributed by atoms with van der Waals surface area (Å²) in [4.78, 5) is 11.1. The van der Waals surface area contributed by atoms with Crippen molar-refractivity contribution < 1.29 is 0 Å². The Bertz CT molecular complexity index is 1190. The molecular weight excluding hydrogens is 402 g/mol. The number of nitrogens with one attached hydrogen (secondary N) is 1. The highest BCUT2D eigenvalue weighted by molar-refractivity contribution is 7.80. The molecule has 0 saturated carbocycles. The van der Waals surface area contributed by atoms with Crippen LogP contribution in [0.15, 0.2) is 91.5 Å². The van der Waals surface area contributed by atoms with Gasteiger partial charge in [0.2, 0.25) is 0 Å². The Morgan fingerprint density at radius 3 is 2.71 bits per heavy atom. The fraction of sp³-hybridized carbons (Fsp3) is 0.160. The zero-order valence-corrected chi connectivity index (χ0v) is 18.0. The van der Waals surface area contributed by atoms with Gasteiger partial charge in [-0.05, 0) is 72.7 Å². The average Bonchev–Trinajstić information content (AvgIpc) is 3.38. The van der Waals surface area contributed by atoms with Crippen LogP contribution in [0, 0.1) is 6.92 Å². The summed E-state index contributed by atoms with van der Waals surface area (Å²) in [7, 11) is 0. The third kappa shape index (κ3) is 3.82. The fourth-order valence-corrected chi connectivity index (χ4v) is 4.59. The van der Waals surface area contributed by atoms with Crippen molar-refractivity contribution in [2.75, 3.05) is 4.90 Å². The maximum absolute atomic E-state index is 5.83. The number of hydrogen-bond acceptors (Lipinski definition) is 3. The van der Waals surface area contributed by atoms with Gasteiger partial charge in [0.05, 0.1) is 11.7 Å². The molecule has 5 nitrogen and oxygen atoms in total. The molecule has 5 rings (SSSR count). The largest absolute Gasteiger partial charge is 0.351 e. The topological polar surface area (TPSA) is 46.0 Å². The van der Waals surface area contributed by atoms with Crippen molar-refractivity contribution in [3.8, 4) is 0 Å². The van der Waals surface area contributed by atoms with E-state index in [1.54, 1.807) is 6.20 Å². The SMILES string of the molecule is Cc1cccc(N2C(=S)N[C@H](c3ccccn3)[C@H]2c2cccn2Cc2cccnc2)c1. The predicted octanol–water partition coefficient (Wildman–Crippen LogP) is 4.81. The number of hydrogen-bond donors (Lipinski definition) is 1. The van der Waals surface area contributed by atoms with E-state index in [9.17, 15) is 0 Å². The Morgan fingerprint density at radius 2 is 1.94 bits per heavy atom. The van der Waals surface area contributed by atoms with Gasteiger partial charge in [-0.2, -0.15) is 0 Å². The van der Waals surface area contributed by atoms with Crippen LogP contribution in [0.4, 0.5) is 5.69 Å². The number of thiocarbonyl (C=S) groups is 1. The number of anilines is 1. The van der Waals surface area contributed by atoms with Crippen LogP contribution in [0.25, 0.3) is 0 Å². The summed E-state index contributed by atoms with van der Waals surface area (Å²) in [5.74, 6) is 0. The first-order chi connectivity index (χ1) is 15.2. The smallest absolute Gasteiger partial charge is 0.174 e. The maximum atomic E-state index is 5.83. The lowest BCUT2D eigenvalue weighted by atomic mass is 10.0. The molecule has 154 valence electrons. The molecule has 4 aromatic rings. The van der Waals surface area contributed by atoms with Crippen molar-refractivity contribution >= 4 is 23.0 Å². The van der Waals surface area contributed by atoms with Gasteiger partial charge in [-0.3, -0.25) is 9.97 Å². The van der Waals surface area contributed by atoms with E-state index in [1.807, 2.05) is 30.6 Å². The number of benzene rings is 1. The molecule has 1 fully saturated rings. The second-order valence-electron chi connectivity index (χ2n) is 7.76. The molecular formula is C25H23N5S. The molecule has 0 radical (unpaired) electrons. The number of rotatable bonds is 5. The molecule has 0 spiro atoms. The lowest BCUT2D eigenvalue weighted by Crippen LogP contribution is -2.30. The highest BCUT2D eigenvalue weighted by atomic mass is 32.1. The second-order valence-corrected chi connectivity index (χ2v) is 8.14. The molecule has 6 heteroatoms. The Morgan fingerprint density at radius 1 is 1.00 bits per heavy atom. The summed E-state index contributed by atoms with van der Waals surface area (Å²) in [6, 6.07) is 22.7. The Balaban J connectivity index is 1.61. The summed E-state index contributed by atoms with van der Waals surface area (Å²) in [6.07, 6.45) is 7.67. The normalized spacial score (nSPS) is 18.2. The Hall–Kier alpha value is -3.51. The van der Waals surface area contributed by atoms with E-state index in [0.29, 0.717) is 5.11 Å². The third-order valence-electron chi connectivity index (χ3n) is 5.62. The van der Waals surface area contributed by atoms with Crippen LogP contribution < -0.4 is 10.2 Å². The number of aryl methyl sites for hydroxylation is 1. The monoisotopic (exact) mass is 425 g/mol. The van der Waals surface area contributed by atoms with Gasteiger partial charge in [0.25, 0.3) is 0 Å². The Labute approximate surface area is 187 Å². The molecule has 0 aliphatic carbocycles. The highest BCUT2D eigenvalue weighted by Gasteiger charge is 2.42. The predicted molar refractivity (Wildman–Crippen MR) is 127 cm³/mol. The van der Waals surface area contributed by atoms with Crippen LogP contribution in [0.2, 0.25) is 0 Å². The lowest BCUT2D eigenvalue weighted by Gasteiger charge is -2.29. The molecule has 31 heavy (non-hydrogen) atoms. The van der Waals surface area contributed by atoms with Crippen molar-refractivity contribution in [1.82, 2.24) is 19.9 Å². The summed E-state index contributed by atoms with van der Waals surface area (Å²) in [5.41, 5.74) is 5.58. The van der Waals surface area contributed by atoms with Crippen LogP contribution in [0.3, 0.4) is 0 Å². The molecule has 0 bridgehead atoms. The first-order valence-electron chi connectivity index (χ1n) is 10.3. The molecule has 2 atom stereocenters. The van der Waals surface area contributed by atoms with Crippen LogP contribution in [0.1, 0.15) is 34.6 Å². The van der Waals surface area contributed by atoms with Crippen molar-refractivity contribution in [1.29, 1.82) is 0 Å². The third-order valence-corrected chi connectivity index (χ3v) is 5.94. The molecule has 1 saturated heterocycles. The van der Waals surface area contributed by atoms with Gasteiger partial charge in [0.1, 0.15) is 6.04 Å². The van der Waals surface area contributed by atoms with E-state index in [0.717, 1.165) is 23.5 Å². The zero-order valence-electron chi connectivity index (χ0n) is 17.2. The molecule has 1 aromatic carbocycles. The molecule has 4 heterocycles. The minimum absolute atomic E-state index is 0.0316. The quantitative estimate of drug-likeness (QED) is 0.465. The van der Waals surface area contributed by atoms with Crippen molar-refractivity contribution in [3.63, 3.8) is 0 Å². The van der Waals surface area contributed by atoms with Gasteiger partial charge >= 0.3 is 0 Å². The van der Waals surface area contributed by atoms with Gasteiger partial charge in [-0.25, -0.2) is 0 Å². The number of aromatic nitrogens is 3. The molecule has 0 unspecified atom stereocenters. The summed E-state index contributed by atoms with van der Waals surface area (Å²) in [6.45, 7) is 2.85. The summed E-state index contributed by atoms with van der Waals surface area (Å²) in [5, 5.41) is 4.25. The van der Waals surface area contributed by atoms with E-state index >= 15 is 0 Å². The fourth-order valence-electron chi connectivity index (χ4n) is 4.24. The second kappa shape index (κ2) is 8.32. The van der Waals surface area contributed by atoms with Crippen molar-refractivity contribution in [2.45, 2.75) is 25.6 Å². The standard InChI is InChI=1S/C25H23N5S/c1-18-7-4-9-20(15-18)30-24(23(28-25(30)31)21-10-2-3-13-27-21)22-11-6-14-29(22)17-19-8-5-12-26-16-19/h2-16,23-24H,17H2,1H3,(H,28,31)/t23-,24-/m1/s1. The lowest BCUT2D eigenvalue weighted by molar-refractivity contribution is 0.533. The van der Waals surface area contributed by atoms with Crippen LogP contribution >= 0.6 is 12.2 Å². The number of pyridine rings is 2. The minimum atomic E-state index is -0.0586. The van der Waals surface area contributed by atoms with Crippen LogP contribution in [-0.4, -0.2) is 19.6 Å². The van der Waals surface area contributed by atoms with Gasteiger partial charge < -0.3 is 14.8 Å². The minimum Gasteiger partial charge on any atom is -0.351 e. The van der Waals surface area contributed by atoms with Gasteiger partial charge in [0.15, 0.2) is 5.11 Å². The van der Waals surface area contributed by atoms with Crippen LogP contribution in [-0.2, 0) is 6.54 Å². The number of nitrogens with zero attached hydrogens (tertiary/aromatic N) is 4. The average molecular weight is 426 g/mol. The van der Waals surface area contributed by atoms with Crippen LogP contribution in [0.5, 0.6) is 0 Å². The van der Waals surface area contributed by atoms with E-state index in [-0.39, 0.29) is 12.1 Å². The summed E-state index contributed by atoms with van der Waals surface area (Å²) < 4.78 is 2.27. The van der Waals surface area contributed by atoms with E-state index in [4.69, 9.17) is 12.2 Å². The molecule has 1 aliphatic rings. The van der Waals surface area contributed by atoms with E-state index in [1.165, 1.54) is 11.3 Å². The summed E-state index contributed by atoms with van der Waals surface area (Å²) >= 11 is 5.83. The molecule has 3 aromatic heterocycles. The molecule has 0 amide bonds. The van der Waals surface area contributed by atoms with Gasteiger partial charge in [0, 0.05) is 42.7 Å².